The summed E-state index contributed by atoms with van der Waals surface area (Å²) >= 11 is 0. The lowest BCUT2D eigenvalue weighted by atomic mass is 9.98. The zero-order chi connectivity index (χ0) is 26.5. The zero-order valence-corrected chi connectivity index (χ0v) is 22.6. The average Bonchev–Trinajstić information content (AvgIpc) is 3.44. The molecule has 1 aliphatic rings. The largest absolute Gasteiger partial charge is 0.362 e. The maximum Gasteiger partial charge on any atom is 0.243 e. The number of H-pyrrole nitrogens is 1. The molecule has 0 spiro atoms. The Kier molecular flexibility index (Phi) is 7.77. The number of para-hydroxylation sites is 1. The standard InChI is InChI=1S/C31H34N4O2S/c1-24(2)26-13-16-30(17-14-26)38(36,37)34-19-18-29(15-12-25-8-4-3-5-9-25)35(22-28-20-32-23-33-28)31-11-7-6-10-27(31)21-34/h3-11,13-14,16-17,20,23,29H,1,12,15,18-19,21-22H2,2H3,(H,32,33). The van der Waals surface area contributed by atoms with Crippen molar-refractivity contribution in [1.29, 1.82) is 0 Å². The lowest BCUT2D eigenvalue weighted by Crippen LogP contribution is -2.43. The van der Waals surface area contributed by atoms with E-state index in [1.54, 1.807) is 22.8 Å². The van der Waals surface area contributed by atoms with Crippen LogP contribution < -0.4 is 4.90 Å². The number of aromatic nitrogens is 2. The Morgan fingerprint density at radius 1 is 1.03 bits per heavy atom. The highest BCUT2D eigenvalue weighted by atomic mass is 32.2. The van der Waals surface area contributed by atoms with E-state index in [-0.39, 0.29) is 6.04 Å². The zero-order valence-electron chi connectivity index (χ0n) is 21.8. The monoisotopic (exact) mass is 526 g/mol. The molecule has 5 rings (SSSR count). The first-order chi connectivity index (χ1) is 18.4. The fourth-order valence-electron chi connectivity index (χ4n) is 5.15. The van der Waals surface area contributed by atoms with Crippen LogP contribution in [0.2, 0.25) is 0 Å². The van der Waals surface area contributed by atoms with Gasteiger partial charge in [0.05, 0.1) is 23.5 Å². The van der Waals surface area contributed by atoms with Gasteiger partial charge in [-0.05, 0) is 61.1 Å². The number of imidazole rings is 1. The van der Waals surface area contributed by atoms with Gasteiger partial charge < -0.3 is 9.88 Å². The second kappa shape index (κ2) is 11.4. The Hall–Kier alpha value is -3.68. The van der Waals surface area contributed by atoms with Crippen LogP contribution in [0.4, 0.5) is 5.69 Å². The van der Waals surface area contributed by atoms with Crippen LogP contribution in [0.3, 0.4) is 0 Å². The molecule has 7 heteroatoms. The molecule has 6 nitrogen and oxygen atoms in total. The minimum absolute atomic E-state index is 0.142. The first-order valence-corrected chi connectivity index (χ1v) is 14.5. The number of anilines is 1. The molecule has 38 heavy (non-hydrogen) atoms. The average molecular weight is 527 g/mol. The SMILES string of the molecule is C=C(C)c1ccc(S(=O)(=O)N2CCC(CCc3ccccc3)N(Cc3cnc[nH]3)c3ccccc3C2)cc1. The molecule has 0 fully saturated rings. The van der Waals surface area contributed by atoms with E-state index < -0.39 is 10.0 Å². The Morgan fingerprint density at radius 2 is 1.76 bits per heavy atom. The van der Waals surface area contributed by atoms with Crippen LogP contribution in [-0.2, 0) is 29.5 Å². The van der Waals surface area contributed by atoms with Crippen LogP contribution in [0.15, 0.2) is 103 Å². The highest BCUT2D eigenvalue weighted by molar-refractivity contribution is 7.89. The van der Waals surface area contributed by atoms with Gasteiger partial charge in [0.25, 0.3) is 0 Å². The quantitative estimate of drug-likeness (QED) is 0.304. The molecule has 0 saturated carbocycles. The summed E-state index contributed by atoms with van der Waals surface area (Å²) in [7, 11) is -3.68. The predicted octanol–water partition coefficient (Wildman–Crippen LogP) is 6.05. The van der Waals surface area contributed by atoms with Gasteiger partial charge in [-0.2, -0.15) is 4.31 Å². The molecule has 1 unspecified atom stereocenters. The fraction of sp³-hybridized carbons (Fsp3) is 0.258. The van der Waals surface area contributed by atoms with Crippen molar-refractivity contribution in [3.63, 3.8) is 0 Å². The van der Waals surface area contributed by atoms with E-state index in [2.05, 4.69) is 51.8 Å². The molecule has 2 heterocycles. The van der Waals surface area contributed by atoms with Gasteiger partial charge in [-0.1, -0.05) is 72.8 Å². The summed E-state index contributed by atoms with van der Waals surface area (Å²) in [6.45, 7) is 7.34. The number of aromatic amines is 1. The maximum atomic E-state index is 13.8. The Labute approximate surface area is 225 Å². The molecule has 4 aromatic rings. The number of benzene rings is 3. The van der Waals surface area contributed by atoms with E-state index in [1.165, 1.54) is 5.56 Å². The summed E-state index contributed by atoms with van der Waals surface area (Å²) in [5.41, 5.74) is 6.24. The minimum atomic E-state index is -3.68. The number of hydrogen-bond acceptors (Lipinski definition) is 4. The third-order valence-corrected chi connectivity index (χ3v) is 9.15. The normalized spacial score (nSPS) is 16.4. The molecule has 1 aromatic heterocycles. The molecule has 1 N–H and O–H groups in total. The Bertz CT molecular complexity index is 1470. The van der Waals surface area contributed by atoms with Crippen molar-refractivity contribution in [2.24, 2.45) is 0 Å². The van der Waals surface area contributed by atoms with Crippen LogP contribution in [0.1, 0.15) is 42.1 Å². The van der Waals surface area contributed by atoms with E-state index in [1.807, 2.05) is 49.5 Å². The van der Waals surface area contributed by atoms with Gasteiger partial charge >= 0.3 is 0 Å². The highest BCUT2D eigenvalue weighted by Gasteiger charge is 2.31. The lowest BCUT2D eigenvalue weighted by molar-refractivity contribution is 0.361. The van der Waals surface area contributed by atoms with Crippen LogP contribution in [-0.4, -0.2) is 35.3 Å². The third kappa shape index (κ3) is 5.74. The van der Waals surface area contributed by atoms with Gasteiger partial charge in [-0.15, -0.1) is 0 Å². The van der Waals surface area contributed by atoms with Gasteiger partial charge in [0.2, 0.25) is 10.0 Å². The molecule has 0 bridgehead atoms. The Morgan fingerprint density at radius 3 is 2.47 bits per heavy atom. The molecule has 196 valence electrons. The fourth-order valence-corrected chi connectivity index (χ4v) is 6.59. The number of fused-ring (bicyclic) bond motifs is 1. The van der Waals surface area contributed by atoms with Gasteiger partial charge in [0.15, 0.2) is 0 Å². The lowest BCUT2D eigenvalue weighted by Gasteiger charge is -2.39. The van der Waals surface area contributed by atoms with E-state index >= 15 is 0 Å². The molecule has 1 aliphatic heterocycles. The van der Waals surface area contributed by atoms with Crippen molar-refractivity contribution < 1.29 is 8.42 Å². The first kappa shape index (κ1) is 25.9. The summed E-state index contributed by atoms with van der Waals surface area (Å²) in [6, 6.07) is 25.9. The van der Waals surface area contributed by atoms with Crippen molar-refractivity contribution in [2.75, 3.05) is 11.4 Å². The molecule has 3 aromatic carbocycles. The maximum absolute atomic E-state index is 13.8. The van der Waals surface area contributed by atoms with Gasteiger partial charge in [-0.3, -0.25) is 0 Å². The van der Waals surface area contributed by atoms with Gasteiger partial charge in [0, 0.05) is 31.0 Å². The Balaban J connectivity index is 1.49. The number of rotatable bonds is 8. The van der Waals surface area contributed by atoms with Crippen LogP contribution in [0.5, 0.6) is 0 Å². The van der Waals surface area contributed by atoms with Gasteiger partial charge in [-0.25, -0.2) is 13.4 Å². The molecule has 0 radical (unpaired) electrons. The highest BCUT2D eigenvalue weighted by Crippen LogP contribution is 2.33. The summed E-state index contributed by atoms with van der Waals surface area (Å²) in [5, 5.41) is 0. The van der Waals surface area contributed by atoms with Crippen LogP contribution >= 0.6 is 0 Å². The second-order valence-corrected chi connectivity index (χ2v) is 11.9. The van der Waals surface area contributed by atoms with Crippen LogP contribution in [0.25, 0.3) is 5.57 Å². The summed E-state index contributed by atoms with van der Waals surface area (Å²) in [4.78, 5) is 10.2. The molecule has 0 aliphatic carbocycles. The third-order valence-electron chi connectivity index (χ3n) is 7.29. The summed E-state index contributed by atoms with van der Waals surface area (Å²) < 4.78 is 29.3. The van der Waals surface area contributed by atoms with Crippen molar-refractivity contribution in [1.82, 2.24) is 14.3 Å². The van der Waals surface area contributed by atoms with E-state index in [9.17, 15) is 8.42 Å². The summed E-state index contributed by atoms with van der Waals surface area (Å²) in [6.07, 6.45) is 6.12. The summed E-state index contributed by atoms with van der Waals surface area (Å²) in [5.74, 6) is 0. The topological polar surface area (TPSA) is 69.3 Å². The minimum Gasteiger partial charge on any atom is -0.362 e. The van der Waals surface area contributed by atoms with Crippen molar-refractivity contribution in [3.8, 4) is 0 Å². The molecule has 0 amide bonds. The predicted molar refractivity (Wildman–Crippen MR) is 153 cm³/mol. The first-order valence-electron chi connectivity index (χ1n) is 13.0. The van der Waals surface area contributed by atoms with Crippen molar-refractivity contribution in [3.05, 3.63) is 120 Å². The van der Waals surface area contributed by atoms with Gasteiger partial charge in [0.1, 0.15) is 0 Å². The number of allylic oxidation sites excluding steroid dienone is 1. The number of aryl methyl sites for hydroxylation is 1. The molecular formula is C31H34N4O2S. The van der Waals surface area contributed by atoms with Crippen molar-refractivity contribution >= 4 is 21.3 Å². The van der Waals surface area contributed by atoms with Crippen molar-refractivity contribution in [2.45, 2.75) is 50.2 Å². The van der Waals surface area contributed by atoms with E-state index in [0.29, 0.717) is 24.5 Å². The van der Waals surface area contributed by atoms with E-state index in [4.69, 9.17) is 0 Å². The second-order valence-electron chi connectivity index (χ2n) is 9.94. The molecular weight excluding hydrogens is 492 g/mol. The molecule has 1 atom stereocenters. The smallest absolute Gasteiger partial charge is 0.243 e. The number of nitrogens with one attached hydrogen (secondary N) is 1. The number of nitrogens with zero attached hydrogens (tertiary/aromatic N) is 3. The number of hydrogen-bond donors (Lipinski definition) is 1. The van der Waals surface area contributed by atoms with Crippen LogP contribution in [0, 0.1) is 0 Å². The molecule has 0 saturated heterocycles. The van der Waals surface area contributed by atoms with E-state index in [0.717, 1.165) is 47.3 Å². The number of sulfonamides is 1.